The van der Waals surface area contributed by atoms with Crippen LogP contribution in [0.15, 0.2) is 30.3 Å². The van der Waals surface area contributed by atoms with Gasteiger partial charge in [0.05, 0.1) is 12.0 Å². The maximum Gasteiger partial charge on any atom is 0.109 e. The van der Waals surface area contributed by atoms with Gasteiger partial charge in [0, 0.05) is 0 Å². The largest absolute Gasteiger partial charge is 0.249 e. The standard InChI is InChI=1S/C9H8FN/c10-6-9(7-11)8-4-2-1-3-5-8/h1-5,9H,6H2. The predicted molar refractivity (Wildman–Crippen MR) is 40.8 cm³/mol. The van der Waals surface area contributed by atoms with E-state index in [-0.39, 0.29) is 0 Å². The molecule has 0 saturated carbocycles. The molecule has 0 fully saturated rings. The third kappa shape index (κ3) is 1.78. The van der Waals surface area contributed by atoms with E-state index >= 15 is 0 Å². The van der Waals surface area contributed by atoms with Gasteiger partial charge in [0.25, 0.3) is 0 Å². The van der Waals surface area contributed by atoms with Crippen LogP contribution in [0.25, 0.3) is 0 Å². The summed E-state index contributed by atoms with van der Waals surface area (Å²) >= 11 is 0. The van der Waals surface area contributed by atoms with Crippen LogP contribution in [0.2, 0.25) is 0 Å². The first kappa shape index (κ1) is 7.74. The van der Waals surface area contributed by atoms with Crippen LogP contribution in [0.1, 0.15) is 11.5 Å². The van der Waals surface area contributed by atoms with Gasteiger partial charge < -0.3 is 0 Å². The molecule has 0 N–H and O–H groups in total. The van der Waals surface area contributed by atoms with Crippen LogP contribution in [0.5, 0.6) is 0 Å². The maximum atomic E-state index is 12.1. The lowest BCUT2D eigenvalue weighted by molar-refractivity contribution is 0.471. The Hall–Kier alpha value is -1.36. The van der Waals surface area contributed by atoms with Gasteiger partial charge in [-0.2, -0.15) is 5.26 Å². The quantitative estimate of drug-likeness (QED) is 0.632. The van der Waals surface area contributed by atoms with E-state index in [1.807, 2.05) is 12.1 Å². The molecule has 0 aromatic heterocycles. The normalized spacial score (nSPS) is 12.0. The molecule has 56 valence electrons. The van der Waals surface area contributed by atoms with Crippen molar-refractivity contribution in [2.45, 2.75) is 5.92 Å². The lowest BCUT2D eigenvalue weighted by Crippen LogP contribution is -1.96. The molecule has 1 unspecified atom stereocenters. The van der Waals surface area contributed by atoms with E-state index in [9.17, 15) is 4.39 Å². The molecule has 2 heteroatoms. The molecule has 0 aliphatic carbocycles. The molecule has 1 atom stereocenters. The fourth-order valence-corrected chi connectivity index (χ4v) is 0.883. The molecule has 11 heavy (non-hydrogen) atoms. The highest BCUT2D eigenvalue weighted by molar-refractivity contribution is 5.24. The summed E-state index contributed by atoms with van der Waals surface area (Å²) in [5.74, 6) is -0.601. The van der Waals surface area contributed by atoms with Crippen molar-refractivity contribution in [1.82, 2.24) is 0 Å². The van der Waals surface area contributed by atoms with Crippen molar-refractivity contribution in [3.63, 3.8) is 0 Å². The highest BCUT2D eigenvalue weighted by Crippen LogP contribution is 2.13. The minimum Gasteiger partial charge on any atom is -0.249 e. The summed E-state index contributed by atoms with van der Waals surface area (Å²) in [5, 5.41) is 8.49. The number of benzene rings is 1. The van der Waals surface area contributed by atoms with Gasteiger partial charge in [-0.3, -0.25) is 0 Å². The number of halogens is 1. The van der Waals surface area contributed by atoms with Crippen molar-refractivity contribution in [1.29, 1.82) is 5.26 Å². The smallest absolute Gasteiger partial charge is 0.109 e. The molecular weight excluding hydrogens is 141 g/mol. The highest BCUT2D eigenvalue weighted by atomic mass is 19.1. The predicted octanol–water partition coefficient (Wildman–Crippen LogP) is 2.26. The summed E-state index contributed by atoms with van der Waals surface area (Å²) in [7, 11) is 0. The van der Waals surface area contributed by atoms with Crippen LogP contribution < -0.4 is 0 Å². The van der Waals surface area contributed by atoms with Crippen LogP contribution in [-0.2, 0) is 0 Å². The van der Waals surface area contributed by atoms with E-state index in [1.165, 1.54) is 0 Å². The van der Waals surface area contributed by atoms with Gasteiger partial charge in [0.2, 0.25) is 0 Å². The summed E-state index contributed by atoms with van der Waals surface area (Å²) in [6.45, 7) is -0.611. The van der Waals surface area contributed by atoms with E-state index in [0.717, 1.165) is 5.56 Å². The number of nitriles is 1. The summed E-state index contributed by atoms with van der Waals surface area (Å²) in [6.07, 6.45) is 0. The van der Waals surface area contributed by atoms with Gasteiger partial charge in [0.15, 0.2) is 0 Å². The Morgan fingerprint density at radius 3 is 2.45 bits per heavy atom. The molecule has 1 rings (SSSR count). The average molecular weight is 149 g/mol. The number of alkyl halides is 1. The number of hydrogen-bond acceptors (Lipinski definition) is 1. The monoisotopic (exact) mass is 149 g/mol. The van der Waals surface area contributed by atoms with Crippen molar-refractivity contribution in [2.24, 2.45) is 0 Å². The van der Waals surface area contributed by atoms with Crippen molar-refractivity contribution in [3.05, 3.63) is 35.9 Å². The molecule has 0 amide bonds. The Morgan fingerprint density at radius 1 is 1.36 bits per heavy atom. The third-order valence-electron chi connectivity index (χ3n) is 1.51. The van der Waals surface area contributed by atoms with Crippen LogP contribution in [0, 0.1) is 11.3 Å². The van der Waals surface area contributed by atoms with E-state index in [1.54, 1.807) is 24.3 Å². The minimum absolute atomic E-state index is 0.601. The lowest BCUT2D eigenvalue weighted by Gasteiger charge is -2.01. The number of rotatable bonds is 2. The zero-order chi connectivity index (χ0) is 8.10. The summed E-state index contributed by atoms with van der Waals surface area (Å²) < 4.78 is 12.1. The second-order valence-corrected chi connectivity index (χ2v) is 2.25. The zero-order valence-electron chi connectivity index (χ0n) is 6.00. The maximum absolute atomic E-state index is 12.1. The summed E-state index contributed by atoms with van der Waals surface area (Å²) in [6, 6.07) is 10.9. The van der Waals surface area contributed by atoms with Crippen LogP contribution in [-0.4, -0.2) is 6.67 Å². The third-order valence-corrected chi connectivity index (χ3v) is 1.51. The Balaban J connectivity index is 2.85. The molecule has 1 nitrogen and oxygen atoms in total. The molecule has 0 saturated heterocycles. The van der Waals surface area contributed by atoms with Crippen molar-refractivity contribution >= 4 is 0 Å². The van der Waals surface area contributed by atoms with Gasteiger partial charge in [-0.25, -0.2) is 4.39 Å². The molecule has 0 aliphatic rings. The second kappa shape index (κ2) is 3.72. The molecule has 1 aromatic rings. The Morgan fingerprint density at radius 2 is 2.00 bits per heavy atom. The van der Waals surface area contributed by atoms with Crippen molar-refractivity contribution in [2.75, 3.05) is 6.67 Å². The first-order valence-electron chi connectivity index (χ1n) is 3.39. The molecule has 1 aromatic carbocycles. The van der Waals surface area contributed by atoms with Gasteiger partial charge in [-0.1, -0.05) is 30.3 Å². The fraction of sp³-hybridized carbons (Fsp3) is 0.222. The van der Waals surface area contributed by atoms with Crippen LogP contribution in [0.3, 0.4) is 0 Å². The molecule has 0 bridgehead atoms. The SMILES string of the molecule is N#CC(CF)c1ccccc1. The van der Waals surface area contributed by atoms with Gasteiger partial charge in [-0.05, 0) is 5.56 Å². The summed E-state index contributed by atoms with van der Waals surface area (Å²) in [4.78, 5) is 0. The molecular formula is C9H8FN. The van der Waals surface area contributed by atoms with Crippen LogP contribution >= 0.6 is 0 Å². The van der Waals surface area contributed by atoms with Gasteiger partial charge >= 0.3 is 0 Å². The minimum atomic E-state index is -0.611. The van der Waals surface area contributed by atoms with Gasteiger partial charge in [0.1, 0.15) is 6.67 Å². The Bertz CT molecular complexity index is 250. The average Bonchev–Trinajstić information content (AvgIpc) is 2.09. The highest BCUT2D eigenvalue weighted by Gasteiger charge is 2.07. The van der Waals surface area contributed by atoms with E-state index in [0.29, 0.717) is 0 Å². The summed E-state index contributed by atoms with van der Waals surface area (Å²) in [5.41, 5.74) is 0.748. The molecule has 0 radical (unpaired) electrons. The molecule has 0 aliphatic heterocycles. The van der Waals surface area contributed by atoms with Crippen LogP contribution in [0.4, 0.5) is 4.39 Å². The van der Waals surface area contributed by atoms with E-state index < -0.39 is 12.6 Å². The topological polar surface area (TPSA) is 23.8 Å². The first-order chi connectivity index (χ1) is 5.38. The molecule has 0 heterocycles. The van der Waals surface area contributed by atoms with Crippen molar-refractivity contribution < 1.29 is 4.39 Å². The lowest BCUT2D eigenvalue weighted by atomic mass is 10.0. The first-order valence-corrected chi connectivity index (χ1v) is 3.39. The second-order valence-electron chi connectivity index (χ2n) is 2.25. The van der Waals surface area contributed by atoms with Gasteiger partial charge in [-0.15, -0.1) is 0 Å². The molecule has 0 spiro atoms. The Kier molecular flexibility index (Phi) is 2.62. The van der Waals surface area contributed by atoms with E-state index in [4.69, 9.17) is 5.26 Å². The van der Waals surface area contributed by atoms with Crippen molar-refractivity contribution in [3.8, 4) is 6.07 Å². The number of hydrogen-bond donors (Lipinski definition) is 0. The number of nitrogens with zero attached hydrogens (tertiary/aromatic N) is 1. The fourth-order valence-electron chi connectivity index (χ4n) is 0.883. The zero-order valence-corrected chi connectivity index (χ0v) is 6.00. The Labute approximate surface area is 65.1 Å². The van der Waals surface area contributed by atoms with E-state index in [2.05, 4.69) is 0 Å².